The van der Waals surface area contributed by atoms with Crippen molar-refractivity contribution in [3.63, 3.8) is 0 Å². The van der Waals surface area contributed by atoms with Gasteiger partial charge in [-0.25, -0.2) is 0 Å². The second-order valence-corrected chi connectivity index (χ2v) is 8.41. The molecule has 1 N–H and O–H groups in total. The molecule has 2 fully saturated rings. The van der Waals surface area contributed by atoms with Crippen LogP contribution >= 0.6 is 0 Å². The van der Waals surface area contributed by atoms with Crippen LogP contribution in [0.3, 0.4) is 0 Å². The topological polar surface area (TPSA) is 49.4 Å². The number of carbonyl (C=O) groups is 2. The zero-order chi connectivity index (χ0) is 16.0. The lowest BCUT2D eigenvalue weighted by Gasteiger charge is -2.51. The highest BCUT2D eigenvalue weighted by Gasteiger charge is 2.52. The molecule has 2 atom stereocenters. The summed E-state index contributed by atoms with van der Waals surface area (Å²) in [4.78, 5) is 27.7. The lowest BCUT2D eigenvalue weighted by atomic mass is 9.80. The maximum atomic E-state index is 13.1. The third kappa shape index (κ3) is 2.82. The van der Waals surface area contributed by atoms with Crippen LogP contribution in [0.25, 0.3) is 0 Å². The van der Waals surface area contributed by atoms with Gasteiger partial charge in [-0.15, -0.1) is 0 Å². The standard InChI is InChI=1S/C17H30N2O2/c1-11(2)12-14(20)18-13(16(3,4)5)15(21)19(12)17(6)9-7-8-10-17/h11-13H,7-10H2,1-6H3,(H,18,20). The number of amides is 2. The minimum Gasteiger partial charge on any atom is -0.342 e. The van der Waals surface area contributed by atoms with Crippen molar-refractivity contribution in [1.82, 2.24) is 10.2 Å². The Morgan fingerprint density at radius 1 is 1.19 bits per heavy atom. The zero-order valence-corrected chi connectivity index (χ0v) is 14.3. The summed E-state index contributed by atoms with van der Waals surface area (Å²) in [5.41, 5.74) is -0.421. The van der Waals surface area contributed by atoms with Crippen molar-refractivity contribution in [1.29, 1.82) is 0 Å². The molecule has 21 heavy (non-hydrogen) atoms. The molecule has 2 rings (SSSR count). The highest BCUT2D eigenvalue weighted by Crippen LogP contribution is 2.40. The van der Waals surface area contributed by atoms with E-state index in [0.717, 1.165) is 25.7 Å². The second kappa shape index (κ2) is 5.29. The molecule has 1 aliphatic carbocycles. The van der Waals surface area contributed by atoms with Crippen LogP contribution in [0.5, 0.6) is 0 Å². The van der Waals surface area contributed by atoms with Crippen molar-refractivity contribution >= 4 is 11.8 Å². The third-order valence-electron chi connectivity index (χ3n) is 5.08. The molecule has 1 saturated carbocycles. The molecule has 0 aromatic rings. The van der Waals surface area contributed by atoms with E-state index in [1.807, 2.05) is 39.5 Å². The first kappa shape index (κ1) is 16.3. The molecule has 0 bridgehead atoms. The Morgan fingerprint density at radius 3 is 2.14 bits per heavy atom. The molecular formula is C17H30N2O2. The van der Waals surface area contributed by atoms with Crippen LogP contribution in [-0.2, 0) is 9.59 Å². The number of piperazine rings is 1. The van der Waals surface area contributed by atoms with Gasteiger partial charge in [-0.05, 0) is 31.1 Å². The van der Waals surface area contributed by atoms with Crippen LogP contribution in [0.2, 0.25) is 0 Å². The SMILES string of the molecule is CC(C)C1C(=O)NC(C(C)(C)C)C(=O)N1C1(C)CCCC1. The predicted octanol–water partition coefficient (Wildman–Crippen LogP) is 2.72. The van der Waals surface area contributed by atoms with E-state index in [4.69, 9.17) is 0 Å². The van der Waals surface area contributed by atoms with Crippen LogP contribution in [0.1, 0.15) is 67.2 Å². The van der Waals surface area contributed by atoms with Gasteiger partial charge in [-0.1, -0.05) is 47.5 Å². The lowest BCUT2D eigenvalue weighted by Crippen LogP contribution is -2.71. The summed E-state index contributed by atoms with van der Waals surface area (Å²) in [6.07, 6.45) is 4.30. The maximum Gasteiger partial charge on any atom is 0.246 e. The molecule has 4 heteroatoms. The Balaban J connectivity index is 2.42. The monoisotopic (exact) mass is 294 g/mol. The van der Waals surface area contributed by atoms with E-state index < -0.39 is 6.04 Å². The van der Waals surface area contributed by atoms with Crippen molar-refractivity contribution in [3.05, 3.63) is 0 Å². The highest BCUT2D eigenvalue weighted by molar-refractivity contribution is 5.98. The maximum absolute atomic E-state index is 13.1. The molecule has 1 aliphatic heterocycles. The molecular weight excluding hydrogens is 264 g/mol. The summed E-state index contributed by atoms with van der Waals surface area (Å²) in [5, 5.41) is 2.98. The Labute approximate surface area is 128 Å². The fraction of sp³-hybridized carbons (Fsp3) is 0.882. The van der Waals surface area contributed by atoms with Crippen LogP contribution < -0.4 is 5.32 Å². The summed E-state index contributed by atoms with van der Waals surface area (Å²) >= 11 is 0. The van der Waals surface area contributed by atoms with E-state index >= 15 is 0 Å². The largest absolute Gasteiger partial charge is 0.342 e. The average Bonchev–Trinajstić information content (AvgIpc) is 2.77. The molecule has 1 heterocycles. The van der Waals surface area contributed by atoms with Gasteiger partial charge in [-0.2, -0.15) is 0 Å². The Hall–Kier alpha value is -1.06. The number of nitrogens with zero attached hydrogens (tertiary/aromatic N) is 1. The average molecular weight is 294 g/mol. The fourth-order valence-corrected chi connectivity index (χ4v) is 3.85. The van der Waals surface area contributed by atoms with Crippen LogP contribution in [0, 0.1) is 11.3 Å². The van der Waals surface area contributed by atoms with Crippen molar-refractivity contribution in [2.24, 2.45) is 11.3 Å². The first-order chi connectivity index (χ1) is 9.58. The van der Waals surface area contributed by atoms with Crippen molar-refractivity contribution < 1.29 is 9.59 Å². The van der Waals surface area contributed by atoms with Gasteiger partial charge in [0.1, 0.15) is 12.1 Å². The normalized spacial score (nSPS) is 30.0. The van der Waals surface area contributed by atoms with E-state index in [-0.39, 0.29) is 34.7 Å². The van der Waals surface area contributed by atoms with Gasteiger partial charge in [0.2, 0.25) is 11.8 Å². The smallest absolute Gasteiger partial charge is 0.246 e. The third-order valence-corrected chi connectivity index (χ3v) is 5.08. The van der Waals surface area contributed by atoms with Crippen LogP contribution in [0.4, 0.5) is 0 Å². The minimum atomic E-state index is -0.419. The summed E-state index contributed by atoms with van der Waals surface area (Å²) in [5.74, 6) is 0.246. The molecule has 0 spiro atoms. The van der Waals surface area contributed by atoms with Crippen LogP contribution in [0.15, 0.2) is 0 Å². The molecule has 2 unspecified atom stereocenters. The lowest BCUT2D eigenvalue weighted by molar-refractivity contribution is -0.162. The van der Waals surface area contributed by atoms with Gasteiger partial charge in [0.25, 0.3) is 0 Å². The highest BCUT2D eigenvalue weighted by atomic mass is 16.2. The van der Waals surface area contributed by atoms with E-state index in [9.17, 15) is 9.59 Å². The molecule has 2 amide bonds. The Kier molecular flexibility index (Phi) is 4.11. The van der Waals surface area contributed by atoms with Gasteiger partial charge in [-0.3, -0.25) is 9.59 Å². The number of hydrogen-bond donors (Lipinski definition) is 1. The van der Waals surface area contributed by atoms with Gasteiger partial charge in [0, 0.05) is 5.54 Å². The Bertz CT molecular complexity index is 431. The first-order valence-electron chi connectivity index (χ1n) is 8.21. The predicted molar refractivity (Wildman–Crippen MR) is 83.7 cm³/mol. The summed E-state index contributed by atoms with van der Waals surface area (Å²) in [6.45, 7) is 12.3. The van der Waals surface area contributed by atoms with Crippen molar-refractivity contribution in [3.8, 4) is 0 Å². The first-order valence-corrected chi connectivity index (χ1v) is 8.21. The fourth-order valence-electron chi connectivity index (χ4n) is 3.85. The van der Waals surface area contributed by atoms with Gasteiger partial charge < -0.3 is 10.2 Å². The second-order valence-electron chi connectivity index (χ2n) is 8.41. The van der Waals surface area contributed by atoms with E-state index in [0.29, 0.717) is 0 Å². The molecule has 4 nitrogen and oxygen atoms in total. The Morgan fingerprint density at radius 2 is 1.71 bits per heavy atom. The molecule has 120 valence electrons. The van der Waals surface area contributed by atoms with Crippen molar-refractivity contribution in [2.75, 3.05) is 0 Å². The minimum absolute atomic E-state index is 0.0117. The van der Waals surface area contributed by atoms with E-state index in [1.165, 1.54) is 0 Å². The van der Waals surface area contributed by atoms with E-state index in [2.05, 4.69) is 12.2 Å². The number of carbonyl (C=O) groups excluding carboxylic acids is 2. The molecule has 1 saturated heterocycles. The van der Waals surface area contributed by atoms with Gasteiger partial charge in [0.05, 0.1) is 0 Å². The van der Waals surface area contributed by atoms with Crippen LogP contribution in [-0.4, -0.2) is 34.3 Å². The zero-order valence-electron chi connectivity index (χ0n) is 14.3. The number of hydrogen-bond acceptors (Lipinski definition) is 2. The van der Waals surface area contributed by atoms with Crippen molar-refractivity contribution in [2.45, 2.75) is 84.8 Å². The van der Waals surface area contributed by atoms with Gasteiger partial charge >= 0.3 is 0 Å². The van der Waals surface area contributed by atoms with Gasteiger partial charge in [0.15, 0.2) is 0 Å². The summed E-state index contributed by atoms with van der Waals surface area (Å²) < 4.78 is 0. The molecule has 0 aromatic carbocycles. The molecule has 0 radical (unpaired) electrons. The summed E-state index contributed by atoms with van der Waals surface area (Å²) in [6, 6.07) is -0.753. The quantitative estimate of drug-likeness (QED) is 0.851. The summed E-state index contributed by atoms with van der Waals surface area (Å²) in [7, 11) is 0. The molecule has 2 aliphatic rings. The number of rotatable bonds is 2. The number of nitrogens with one attached hydrogen (secondary N) is 1. The molecule has 0 aromatic heterocycles. The van der Waals surface area contributed by atoms with E-state index in [1.54, 1.807) is 0 Å².